The van der Waals surface area contributed by atoms with E-state index in [2.05, 4.69) is 38.3 Å². The van der Waals surface area contributed by atoms with E-state index >= 15 is 0 Å². The monoisotopic (exact) mass is 546 g/mol. The smallest absolute Gasteiger partial charge is 0.410 e. The average molecular weight is 547 g/mol. The summed E-state index contributed by atoms with van der Waals surface area (Å²) in [6.07, 6.45) is 5.57. The SMILES string of the molecule is CC(C)c1cnn2c(NC3C4CCC3CNC4)cc(O[C@@H]3CCC(C)(C)N(C(=O)OCc4ccccc4)C3)nc12. The number of ether oxygens (including phenoxy) is 2. The molecule has 2 N–H and O–H groups in total. The number of hydrogen-bond donors (Lipinski definition) is 2. The Labute approximate surface area is 236 Å². The standard InChI is InChI=1S/C31H42N6O3/c1-20(2)25-17-33-37-26(34-28-22-10-11-23(28)16-32-15-22)14-27(35-29(25)37)40-24-12-13-31(3,4)36(18-24)30(38)39-19-21-8-6-5-7-9-21/h5-9,14,17,20,22-24,28,32,34H,10-13,15-16,18-19H2,1-4H3/t22?,23?,24-,28?/m1/s1. The van der Waals surface area contributed by atoms with Crippen LogP contribution in [0.25, 0.3) is 5.65 Å². The molecule has 40 heavy (non-hydrogen) atoms. The summed E-state index contributed by atoms with van der Waals surface area (Å²) in [6, 6.07) is 12.2. The molecule has 3 aliphatic rings. The van der Waals surface area contributed by atoms with Crippen molar-refractivity contribution in [2.24, 2.45) is 11.8 Å². The maximum Gasteiger partial charge on any atom is 0.410 e. The Kier molecular flexibility index (Phi) is 7.33. The number of fused-ring (bicyclic) bond motifs is 3. The van der Waals surface area contributed by atoms with Crippen molar-refractivity contribution in [3.63, 3.8) is 0 Å². The molecule has 3 fully saturated rings. The molecule has 1 aromatic carbocycles. The molecular formula is C31H42N6O3. The van der Waals surface area contributed by atoms with Crippen LogP contribution in [0.15, 0.2) is 42.6 Å². The van der Waals surface area contributed by atoms with Gasteiger partial charge in [-0.25, -0.2) is 4.79 Å². The van der Waals surface area contributed by atoms with Crippen LogP contribution in [0.2, 0.25) is 0 Å². The van der Waals surface area contributed by atoms with Gasteiger partial charge in [0.05, 0.1) is 12.7 Å². The molecule has 2 aromatic heterocycles. The summed E-state index contributed by atoms with van der Waals surface area (Å²) in [5.41, 5.74) is 2.58. The zero-order chi connectivity index (χ0) is 27.9. The highest BCUT2D eigenvalue weighted by Gasteiger charge is 2.41. The van der Waals surface area contributed by atoms with Crippen LogP contribution >= 0.6 is 0 Å². The second-order valence-electron chi connectivity index (χ2n) is 12.6. The number of carbonyl (C=O) groups is 1. The second kappa shape index (κ2) is 10.9. The number of carbonyl (C=O) groups excluding carboxylic acids is 1. The van der Waals surface area contributed by atoms with Crippen LogP contribution in [0, 0.1) is 11.8 Å². The van der Waals surface area contributed by atoms with Gasteiger partial charge < -0.3 is 20.1 Å². The molecule has 4 heterocycles. The predicted molar refractivity (Wildman–Crippen MR) is 155 cm³/mol. The largest absolute Gasteiger partial charge is 0.472 e. The quantitative estimate of drug-likeness (QED) is 0.420. The minimum atomic E-state index is -0.317. The minimum absolute atomic E-state index is 0.180. The van der Waals surface area contributed by atoms with Crippen LogP contribution in [0.5, 0.6) is 5.88 Å². The highest BCUT2D eigenvalue weighted by atomic mass is 16.6. The first-order chi connectivity index (χ1) is 19.3. The van der Waals surface area contributed by atoms with E-state index in [4.69, 9.17) is 19.6 Å². The van der Waals surface area contributed by atoms with Crippen molar-refractivity contribution in [3.05, 3.63) is 53.7 Å². The fraction of sp³-hybridized carbons (Fsp3) is 0.581. The number of anilines is 1. The summed E-state index contributed by atoms with van der Waals surface area (Å²) in [5, 5.41) is 12.1. The Bertz CT molecular complexity index is 1320. The van der Waals surface area contributed by atoms with Crippen LogP contribution in [-0.4, -0.2) is 62.9 Å². The van der Waals surface area contributed by atoms with E-state index < -0.39 is 0 Å². The maximum atomic E-state index is 13.2. The fourth-order valence-corrected chi connectivity index (χ4v) is 6.60. The molecule has 2 bridgehead atoms. The molecule has 1 amide bonds. The molecule has 214 valence electrons. The van der Waals surface area contributed by atoms with Crippen molar-refractivity contribution in [2.75, 3.05) is 25.0 Å². The van der Waals surface area contributed by atoms with Gasteiger partial charge in [0, 0.05) is 23.2 Å². The maximum absolute atomic E-state index is 13.2. The van der Waals surface area contributed by atoms with E-state index in [0.29, 0.717) is 30.3 Å². The Morgan fingerprint density at radius 2 is 1.90 bits per heavy atom. The molecule has 1 aliphatic carbocycles. The normalized spacial score (nSPS) is 25.8. The van der Waals surface area contributed by atoms with Gasteiger partial charge in [-0.05, 0) is 75.9 Å². The summed E-state index contributed by atoms with van der Waals surface area (Å²) in [6.45, 7) is 11.3. The van der Waals surface area contributed by atoms with Crippen molar-refractivity contribution in [1.82, 2.24) is 24.8 Å². The first kappa shape index (κ1) is 26.9. The molecule has 3 aromatic rings. The van der Waals surface area contributed by atoms with Crippen molar-refractivity contribution in [2.45, 2.75) is 83.6 Å². The Morgan fingerprint density at radius 3 is 2.62 bits per heavy atom. The number of nitrogens with zero attached hydrogens (tertiary/aromatic N) is 4. The van der Waals surface area contributed by atoms with Gasteiger partial charge in [-0.1, -0.05) is 44.2 Å². The van der Waals surface area contributed by atoms with Gasteiger partial charge in [0.15, 0.2) is 5.65 Å². The lowest BCUT2D eigenvalue weighted by Gasteiger charge is -2.44. The van der Waals surface area contributed by atoms with Gasteiger partial charge in [0.25, 0.3) is 0 Å². The van der Waals surface area contributed by atoms with Crippen LogP contribution in [-0.2, 0) is 11.3 Å². The number of amides is 1. The van der Waals surface area contributed by atoms with Gasteiger partial charge in [-0.3, -0.25) is 4.90 Å². The molecule has 2 unspecified atom stereocenters. The highest BCUT2D eigenvalue weighted by molar-refractivity contribution is 5.69. The number of benzene rings is 1. The van der Waals surface area contributed by atoms with Crippen molar-refractivity contribution in [1.29, 1.82) is 0 Å². The van der Waals surface area contributed by atoms with E-state index in [0.717, 1.165) is 48.5 Å². The molecule has 3 atom stereocenters. The molecule has 9 nitrogen and oxygen atoms in total. The van der Waals surface area contributed by atoms with E-state index in [1.54, 1.807) is 0 Å². The van der Waals surface area contributed by atoms with Crippen molar-refractivity contribution in [3.8, 4) is 5.88 Å². The first-order valence-electron chi connectivity index (χ1n) is 14.8. The number of aromatic nitrogens is 3. The van der Waals surface area contributed by atoms with Crippen molar-refractivity contribution >= 4 is 17.6 Å². The summed E-state index contributed by atoms with van der Waals surface area (Å²) in [5.74, 6) is 3.01. The molecule has 9 heteroatoms. The number of rotatable bonds is 7. The third-order valence-electron chi connectivity index (χ3n) is 9.06. The van der Waals surface area contributed by atoms with Gasteiger partial charge in [-0.15, -0.1) is 0 Å². The summed E-state index contributed by atoms with van der Waals surface area (Å²) in [4.78, 5) is 19.9. The molecule has 6 rings (SSSR count). The first-order valence-corrected chi connectivity index (χ1v) is 14.8. The van der Waals surface area contributed by atoms with Gasteiger partial charge >= 0.3 is 6.09 Å². The number of hydrogen-bond acceptors (Lipinski definition) is 7. The summed E-state index contributed by atoms with van der Waals surface area (Å²) in [7, 11) is 0. The summed E-state index contributed by atoms with van der Waals surface area (Å²) < 4.78 is 14.2. The lowest BCUT2D eigenvalue weighted by atomic mass is 9.89. The Hall–Kier alpha value is -3.33. The van der Waals surface area contributed by atoms with E-state index in [-0.39, 0.29) is 30.3 Å². The second-order valence-corrected chi connectivity index (χ2v) is 12.6. The van der Waals surface area contributed by atoms with Crippen LogP contribution in [0.1, 0.15) is 70.4 Å². The lowest BCUT2D eigenvalue weighted by molar-refractivity contribution is -0.00187. The zero-order valence-corrected chi connectivity index (χ0v) is 24.1. The van der Waals surface area contributed by atoms with Gasteiger partial charge in [0.2, 0.25) is 5.88 Å². The lowest BCUT2D eigenvalue weighted by Crippen LogP contribution is -2.56. The van der Waals surface area contributed by atoms with Crippen molar-refractivity contribution < 1.29 is 14.3 Å². The third kappa shape index (κ3) is 5.36. The van der Waals surface area contributed by atoms with Crippen LogP contribution in [0.4, 0.5) is 10.6 Å². The van der Waals surface area contributed by atoms with Crippen LogP contribution in [0.3, 0.4) is 0 Å². The number of piperidine rings is 2. The molecule has 2 saturated heterocycles. The summed E-state index contributed by atoms with van der Waals surface area (Å²) >= 11 is 0. The van der Waals surface area contributed by atoms with E-state index in [1.807, 2.05) is 52.0 Å². The molecule has 2 aliphatic heterocycles. The van der Waals surface area contributed by atoms with Crippen LogP contribution < -0.4 is 15.4 Å². The third-order valence-corrected chi connectivity index (χ3v) is 9.06. The average Bonchev–Trinajstić information content (AvgIpc) is 3.45. The Balaban J connectivity index is 1.22. The van der Waals surface area contributed by atoms with Gasteiger partial charge in [-0.2, -0.15) is 14.6 Å². The minimum Gasteiger partial charge on any atom is -0.472 e. The molecule has 0 spiro atoms. The zero-order valence-electron chi connectivity index (χ0n) is 24.1. The van der Waals surface area contributed by atoms with E-state index in [1.165, 1.54) is 12.8 Å². The molecule has 0 radical (unpaired) electrons. The predicted octanol–water partition coefficient (Wildman–Crippen LogP) is 5.22. The van der Waals surface area contributed by atoms with Gasteiger partial charge in [0.1, 0.15) is 18.5 Å². The number of likely N-dealkylation sites (tertiary alicyclic amines) is 1. The molecular weight excluding hydrogens is 504 g/mol. The highest BCUT2D eigenvalue weighted by Crippen LogP contribution is 2.37. The fourth-order valence-electron chi connectivity index (χ4n) is 6.60. The Morgan fingerprint density at radius 1 is 1.15 bits per heavy atom. The number of nitrogens with one attached hydrogen (secondary N) is 2. The molecule has 1 saturated carbocycles. The topological polar surface area (TPSA) is 93.0 Å². The van der Waals surface area contributed by atoms with E-state index in [9.17, 15) is 4.79 Å².